The molecular formula is C16H16Cl2FNO. The number of aryl methyl sites for hydroxylation is 1. The van der Waals surface area contributed by atoms with Gasteiger partial charge in [-0.2, -0.15) is 0 Å². The molecule has 21 heavy (non-hydrogen) atoms. The van der Waals surface area contributed by atoms with Crippen molar-refractivity contribution in [1.82, 2.24) is 5.32 Å². The second-order valence-corrected chi connectivity index (χ2v) is 5.55. The molecule has 0 radical (unpaired) electrons. The van der Waals surface area contributed by atoms with Gasteiger partial charge in [0.1, 0.15) is 11.6 Å². The molecule has 0 bridgehead atoms. The van der Waals surface area contributed by atoms with Crippen molar-refractivity contribution in [1.29, 1.82) is 0 Å². The smallest absolute Gasteiger partial charge is 0.138 e. The number of halogens is 3. The van der Waals surface area contributed by atoms with Crippen LogP contribution in [-0.2, 0) is 0 Å². The van der Waals surface area contributed by atoms with Crippen molar-refractivity contribution < 1.29 is 9.13 Å². The molecule has 2 aromatic rings. The van der Waals surface area contributed by atoms with Crippen LogP contribution in [0.15, 0.2) is 30.3 Å². The number of hydrogen-bond donors (Lipinski definition) is 1. The van der Waals surface area contributed by atoms with Crippen LogP contribution >= 0.6 is 23.2 Å². The highest BCUT2D eigenvalue weighted by molar-refractivity contribution is 6.34. The molecule has 1 atom stereocenters. The van der Waals surface area contributed by atoms with Crippen molar-refractivity contribution in [2.45, 2.75) is 13.0 Å². The summed E-state index contributed by atoms with van der Waals surface area (Å²) < 4.78 is 18.6. The number of methoxy groups -OCH3 is 1. The van der Waals surface area contributed by atoms with Gasteiger partial charge in [-0.1, -0.05) is 35.3 Å². The second-order valence-electron chi connectivity index (χ2n) is 4.74. The predicted molar refractivity (Wildman–Crippen MR) is 85.1 cm³/mol. The summed E-state index contributed by atoms with van der Waals surface area (Å²) in [6, 6.07) is 8.25. The largest absolute Gasteiger partial charge is 0.495 e. The summed E-state index contributed by atoms with van der Waals surface area (Å²) in [7, 11) is 3.36. The first-order valence-electron chi connectivity index (χ1n) is 6.44. The van der Waals surface area contributed by atoms with Crippen LogP contribution in [0.25, 0.3) is 0 Å². The Labute approximate surface area is 133 Å². The summed E-state index contributed by atoms with van der Waals surface area (Å²) in [6.45, 7) is 1.73. The maximum Gasteiger partial charge on any atom is 0.138 e. The normalized spacial score (nSPS) is 12.3. The van der Waals surface area contributed by atoms with E-state index in [-0.39, 0.29) is 11.9 Å². The Balaban J connectivity index is 2.50. The quantitative estimate of drug-likeness (QED) is 0.874. The molecule has 0 amide bonds. The van der Waals surface area contributed by atoms with E-state index in [0.717, 1.165) is 11.1 Å². The van der Waals surface area contributed by atoms with Gasteiger partial charge in [-0.3, -0.25) is 0 Å². The first kappa shape index (κ1) is 16.1. The highest BCUT2D eigenvalue weighted by atomic mass is 35.5. The maximum absolute atomic E-state index is 13.4. The van der Waals surface area contributed by atoms with Gasteiger partial charge in [0.2, 0.25) is 0 Å². The lowest BCUT2D eigenvalue weighted by Gasteiger charge is -2.20. The van der Waals surface area contributed by atoms with E-state index in [1.807, 2.05) is 7.05 Å². The molecule has 0 saturated heterocycles. The van der Waals surface area contributed by atoms with E-state index in [1.54, 1.807) is 31.2 Å². The lowest BCUT2D eigenvalue weighted by Crippen LogP contribution is -2.18. The van der Waals surface area contributed by atoms with Crippen molar-refractivity contribution in [3.05, 3.63) is 62.9 Å². The summed E-state index contributed by atoms with van der Waals surface area (Å²) in [4.78, 5) is 0. The molecule has 2 rings (SSSR count). The molecule has 0 heterocycles. The Morgan fingerprint density at radius 1 is 1.14 bits per heavy atom. The zero-order valence-corrected chi connectivity index (χ0v) is 13.5. The van der Waals surface area contributed by atoms with Crippen LogP contribution in [-0.4, -0.2) is 14.2 Å². The van der Waals surface area contributed by atoms with Gasteiger partial charge in [0.25, 0.3) is 0 Å². The van der Waals surface area contributed by atoms with E-state index >= 15 is 0 Å². The van der Waals surface area contributed by atoms with E-state index in [9.17, 15) is 4.39 Å². The van der Waals surface area contributed by atoms with Gasteiger partial charge in [-0.15, -0.1) is 0 Å². The molecule has 2 nitrogen and oxygen atoms in total. The zero-order valence-electron chi connectivity index (χ0n) is 12.0. The summed E-state index contributed by atoms with van der Waals surface area (Å²) >= 11 is 12.5. The topological polar surface area (TPSA) is 21.3 Å². The predicted octanol–water partition coefficient (Wildman–Crippen LogP) is 4.76. The van der Waals surface area contributed by atoms with E-state index in [0.29, 0.717) is 21.4 Å². The first-order valence-corrected chi connectivity index (χ1v) is 7.19. The van der Waals surface area contributed by atoms with Crippen LogP contribution < -0.4 is 10.1 Å². The van der Waals surface area contributed by atoms with Gasteiger partial charge in [0.05, 0.1) is 18.2 Å². The van der Waals surface area contributed by atoms with Crippen LogP contribution in [0.3, 0.4) is 0 Å². The molecule has 1 unspecified atom stereocenters. The maximum atomic E-state index is 13.4. The van der Waals surface area contributed by atoms with Crippen LogP contribution in [0.5, 0.6) is 5.75 Å². The minimum atomic E-state index is -0.229. The average Bonchev–Trinajstić information content (AvgIpc) is 2.46. The molecule has 2 aromatic carbocycles. The molecule has 0 aliphatic rings. The van der Waals surface area contributed by atoms with Gasteiger partial charge in [0.15, 0.2) is 0 Å². The molecule has 0 aliphatic carbocycles. The summed E-state index contributed by atoms with van der Waals surface area (Å²) in [6.07, 6.45) is 0. The van der Waals surface area contributed by atoms with Crippen LogP contribution in [0, 0.1) is 12.7 Å². The van der Waals surface area contributed by atoms with E-state index < -0.39 is 0 Å². The van der Waals surface area contributed by atoms with Gasteiger partial charge in [0, 0.05) is 11.1 Å². The third-order valence-electron chi connectivity index (χ3n) is 3.39. The van der Waals surface area contributed by atoms with Crippen LogP contribution in [0.2, 0.25) is 10.0 Å². The summed E-state index contributed by atoms with van der Waals surface area (Å²) in [5.41, 5.74) is 2.32. The van der Waals surface area contributed by atoms with E-state index in [2.05, 4.69) is 5.32 Å². The van der Waals surface area contributed by atoms with E-state index in [1.165, 1.54) is 13.2 Å². The Bertz CT molecular complexity index is 661. The van der Waals surface area contributed by atoms with Gasteiger partial charge in [-0.05, 0) is 42.8 Å². The molecule has 112 valence electrons. The van der Waals surface area contributed by atoms with Crippen molar-refractivity contribution in [2.24, 2.45) is 0 Å². The van der Waals surface area contributed by atoms with Gasteiger partial charge < -0.3 is 10.1 Å². The Morgan fingerprint density at radius 2 is 1.86 bits per heavy atom. The Kier molecular flexibility index (Phi) is 5.09. The molecule has 0 fully saturated rings. The molecule has 0 spiro atoms. The molecular weight excluding hydrogens is 312 g/mol. The van der Waals surface area contributed by atoms with Crippen molar-refractivity contribution in [2.75, 3.05) is 14.2 Å². The van der Waals surface area contributed by atoms with Crippen molar-refractivity contribution in [3.63, 3.8) is 0 Å². The van der Waals surface area contributed by atoms with Gasteiger partial charge in [-0.25, -0.2) is 4.39 Å². The standard InChI is InChI=1S/C16H16Cl2FNO/c1-9-6-10(4-5-14(9)19)16(20-2)11-7-13(18)15(21-3)8-12(11)17/h4-8,16,20H,1-3H3. The highest BCUT2D eigenvalue weighted by Gasteiger charge is 2.18. The minimum Gasteiger partial charge on any atom is -0.495 e. The second kappa shape index (κ2) is 6.65. The van der Waals surface area contributed by atoms with Crippen LogP contribution in [0.4, 0.5) is 4.39 Å². The summed E-state index contributed by atoms with van der Waals surface area (Å²) in [5, 5.41) is 4.20. The van der Waals surface area contributed by atoms with Crippen LogP contribution in [0.1, 0.15) is 22.7 Å². The molecule has 0 aliphatic heterocycles. The fraction of sp³-hybridized carbons (Fsp3) is 0.250. The number of hydrogen-bond acceptors (Lipinski definition) is 2. The lowest BCUT2D eigenvalue weighted by atomic mass is 9.97. The summed E-state index contributed by atoms with van der Waals surface area (Å²) in [5.74, 6) is 0.294. The fourth-order valence-electron chi connectivity index (χ4n) is 2.27. The fourth-order valence-corrected chi connectivity index (χ4v) is 2.78. The Morgan fingerprint density at radius 3 is 2.43 bits per heavy atom. The lowest BCUT2D eigenvalue weighted by molar-refractivity contribution is 0.415. The molecule has 1 N–H and O–H groups in total. The SMILES string of the molecule is CNC(c1ccc(F)c(C)c1)c1cc(Cl)c(OC)cc1Cl. The first-order chi connectivity index (χ1) is 9.97. The monoisotopic (exact) mass is 327 g/mol. The molecule has 0 saturated carbocycles. The number of nitrogens with one attached hydrogen (secondary N) is 1. The number of ether oxygens (including phenoxy) is 1. The number of rotatable bonds is 4. The van der Waals surface area contributed by atoms with Crippen molar-refractivity contribution in [3.8, 4) is 5.75 Å². The molecule has 5 heteroatoms. The number of benzene rings is 2. The third-order valence-corrected chi connectivity index (χ3v) is 4.01. The Hall–Kier alpha value is -1.29. The third kappa shape index (κ3) is 3.31. The van der Waals surface area contributed by atoms with Gasteiger partial charge >= 0.3 is 0 Å². The van der Waals surface area contributed by atoms with Crippen molar-refractivity contribution >= 4 is 23.2 Å². The van der Waals surface area contributed by atoms with E-state index in [4.69, 9.17) is 27.9 Å². The molecule has 0 aromatic heterocycles. The highest BCUT2D eigenvalue weighted by Crippen LogP contribution is 2.36. The average molecular weight is 328 g/mol. The minimum absolute atomic E-state index is 0.180. The zero-order chi connectivity index (χ0) is 15.6.